The maximum atomic E-state index is 11.9. The summed E-state index contributed by atoms with van der Waals surface area (Å²) in [5.74, 6) is 1.83. The van der Waals surface area contributed by atoms with Crippen LogP contribution in [0.15, 0.2) is 58.4 Å². The SMILES string of the molecule is CCOc1c(OC)cc(/C=N\Nc2nc(-c3ccccc3)cc(=O)[nH]2)cc1OC. The molecule has 2 aromatic carbocycles. The molecule has 0 saturated heterocycles. The fourth-order valence-electron chi connectivity index (χ4n) is 2.70. The van der Waals surface area contributed by atoms with Crippen LogP contribution in [0.5, 0.6) is 17.2 Å². The zero-order valence-corrected chi connectivity index (χ0v) is 16.4. The smallest absolute Gasteiger partial charge is 0.252 e. The van der Waals surface area contributed by atoms with E-state index in [1.165, 1.54) is 6.07 Å². The van der Waals surface area contributed by atoms with Gasteiger partial charge in [-0.25, -0.2) is 10.4 Å². The van der Waals surface area contributed by atoms with Gasteiger partial charge in [0.1, 0.15) is 0 Å². The number of aromatic amines is 1. The number of ether oxygens (including phenoxy) is 3. The first-order valence-electron chi connectivity index (χ1n) is 8.99. The molecule has 8 nitrogen and oxygen atoms in total. The second-order valence-corrected chi connectivity index (χ2v) is 5.90. The standard InChI is InChI=1S/C21H22N4O4/c1-4-29-20-17(27-2)10-14(11-18(20)28-3)13-22-25-21-23-16(12-19(26)24-21)15-8-6-5-7-9-15/h5-13H,4H2,1-3H3,(H2,23,24,25,26)/b22-13-. The molecule has 1 aromatic heterocycles. The van der Waals surface area contributed by atoms with Gasteiger partial charge < -0.3 is 14.2 Å². The molecule has 0 aliphatic carbocycles. The average molecular weight is 394 g/mol. The van der Waals surface area contributed by atoms with E-state index >= 15 is 0 Å². The molecule has 3 aromatic rings. The lowest BCUT2D eigenvalue weighted by atomic mass is 10.1. The summed E-state index contributed by atoms with van der Waals surface area (Å²) in [5.41, 5.74) is 4.58. The van der Waals surface area contributed by atoms with Crippen LogP contribution < -0.4 is 25.2 Å². The topological polar surface area (TPSA) is 97.8 Å². The van der Waals surface area contributed by atoms with Crippen molar-refractivity contribution in [2.45, 2.75) is 6.92 Å². The zero-order valence-electron chi connectivity index (χ0n) is 16.4. The summed E-state index contributed by atoms with van der Waals surface area (Å²) in [4.78, 5) is 19.0. The molecule has 0 unspecified atom stereocenters. The van der Waals surface area contributed by atoms with Gasteiger partial charge in [-0.15, -0.1) is 0 Å². The van der Waals surface area contributed by atoms with Gasteiger partial charge in [0, 0.05) is 17.2 Å². The van der Waals surface area contributed by atoms with E-state index in [-0.39, 0.29) is 11.5 Å². The number of H-pyrrole nitrogens is 1. The van der Waals surface area contributed by atoms with E-state index in [1.54, 1.807) is 32.6 Å². The van der Waals surface area contributed by atoms with Crippen molar-refractivity contribution in [1.82, 2.24) is 9.97 Å². The van der Waals surface area contributed by atoms with Gasteiger partial charge in [0.05, 0.1) is 32.7 Å². The summed E-state index contributed by atoms with van der Waals surface area (Å²) in [5, 5.41) is 4.15. The van der Waals surface area contributed by atoms with Gasteiger partial charge in [-0.05, 0) is 19.1 Å². The van der Waals surface area contributed by atoms with E-state index in [1.807, 2.05) is 37.3 Å². The summed E-state index contributed by atoms with van der Waals surface area (Å²) in [6, 6.07) is 14.4. The van der Waals surface area contributed by atoms with E-state index in [0.29, 0.717) is 29.5 Å². The quantitative estimate of drug-likeness (QED) is 0.449. The van der Waals surface area contributed by atoms with Crippen LogP contribution in [0.25, 0.3) is 11.3 Å². The van der Waals surface area contributed by atoms with Crippen molar-refractivity contribution in [2.75, 3.05) is 26.3 Å². The first kappa shape index (κ1) is 19.9. The van der Waals surface area contributed by atoms with Crippen LogP contribution >= 0.6 is 0 Å². The number of nitrogens with zero attached hydrogens (tertiary/aromatic N) is 2. The third-order valence-electron chi connectivity index (χ3n) is 3.97. The second kappa shape index (κ2) is 9.41. The Kier molecular flexibility index (Phi) is 6.47. The molecular formula is C21H22N4O4. The molecule has 3 rings (SSSR count). The predicted octanol–water partition coefficient (Wildman–Crippen LogP) is 3.30. The number of rotatable bonds is 8. The molecule has 0 atom stereocenters. The number of nitrogens with one attached hydrogen (secondary N) is 2. The van der Waals surface area contributed by atoms with Crippen LogP contribution in [0.2, 0.25) is 0 Å². The highest BCUT2D eigenvalue weighted by Crippen LogP contribution is 2.38. The summed E-state index contributed by atoms with van der Waals surface area (Å²) in [7, 11) is 3.11. The number of methoxy groups -OCH3 is 2. The zero-order chi connectivity index (χ0) is 20.6. The van der Waals surface area contributed by atoms with Crippen molar-refractivity contribution in [3.05, 3.63) is 64.4 Å². The lowest BCUT2D eigenvalue weighted by molar-refractivity contribution is 0.288. The first-order chi connectivity index (χ1) is 14.1. The molecule has 0 radical (unpaired) electrons. The van der Waals surface area contributed by atoms with E-state index < -0.39 is 0 Å². The van der Waals surface area contributed by atoms with Gasteiger partial charge in [-0.2, -0.15) is 5.10 Å². The van der Waals surface area contributed by atoms with Crippen LogP contribution in [0.3, 0.4) is 0 Å². The Morgan fingerprint density at radius 3 is 2.41 bits per heavy atom. The highest BCUT2D eigenvalue weighted by molar-refractivity contribution is 5.83. The van der Waals surface area contributed by atoms with Gasteiger partial charge in [-0.1, -0.05) is 30.3 Å². The highest BCUT2D eigenvalue weighted by Gasteiger charge is 2.13. The molecule has 8 heteroatoms. The number of anilines is 1. The van der Waals surface area contributed by atoms with Gasteiger partial charge in [0.15, 0.2) is 11.5 Å². The Hall–Kier alpha value is -3.81. The van der Waals surface area contributed by atoms with Crippen molar-refractivity contribution < 1.29 is 14.2 Å². The minimum atomic E-state index is -0.277. The number of hydrogen-bond acceptors (Lipinski definition) is 7. The average Bonchev–Trinajstić information content (AvgIpc) is 2.74. The van der Waals surface area contributed by atoms with Crippen LogP contribution in [-0.2, 0) is 0 Å². The van der Waals surface area contributed by atoms with Gasteiger partial charge in [-0.3, -0.25) is 9.78 Å². The first-order valence-corrected chi connectivity index (χ1v) is 8.99. The largest absolute Gasteiger partial charge is 0.493 e. The summed E-state index contributed by atoms with van der Waals surface area (Å²) in [6.07, 6.45) is 1.57. The molecule has 29 heavy (non-hydrogen) atoms. The van der Waals surface area contributed by atoms with Crippen LogP contribution in [0, 0.1) is 0 Å². The fourth-order valence-corrected chi connectivity index (χ4v) is 2.70. The Morgan fingerprint density at radius 1 is 1.10 bits per heavy atom. The third-order valence-corrected chi connectivity index (χ3v) is 3.97. The minimum absolute atomic E-state index is 0.234. The molecule has 2 N–H and O–H groups in total. The number of hydrazone groups is 1. The second-order valence-electron chi connectivity index (χ2n) is 5.90. The molecule has 0 aliphatic heterocycles. The van der Waals surface area contributed by atoms with Crippen molar-refractivity contribution in [3.8, 4) is 28.5 Å². The minimum Gasteiger partial charge on any atom is -0.493 e. The molecule has 0 bridgehead atoms. The summed E-state index contributed by atoms with van der Waals surface area (Å²) < 4.78 is 16.3. The van der Waals surface area contributed by atoms with E-state index in [2.05, 4.69) is 20.5 Å². The van der Waals surface area contributed by atoms with Crippen molar-refractivity contribution >= 4 is 12.2 Å². The van der Waals surface area contributed by atoms with Crippen LogP contribution in [0.4, 0.5) is 5.95 Å². The molecule has 0 saturated carbocycles. The monoisotopic (exact) mass is 394 g/mol. The predicted molar refractivity (Wildman–Crippen MR) is 112 cm³/mol. The molecule has 0 amide bonds. The Morgan fingerprint density at radius 2 is 1.79 bits per heavy atom. The van der Waals surface area contributed by atoms with Gasteiger partial charge >= 0.3 is 0 Å². The molecule has 0 aliphatic rings. The van der Waals surface area contributed by atoms with Gasteiger partial charge in [0.25, 0.3) is 5.56 Å². The van der Waals surface area contributed by atoms with E-state index in [9.17, 15) is 4.79 Å². The molecule has 0 spiro atoms. The van der Waals surface area contributed by atoms with E-state index in [4.69, 9.17) is 14.2 Å². The maximum Gasteiger partial charge on any atom is 0.252 e. The molecule has 1 heterocycles. The number of benzene rings is 2. The number of aromatic nitrogens is 2. The van der Waals surface area contributed by atoms with Crippen molar-refractivity contribution in [1.29, 1.82) is 0 Å². The number of hydrogen-bond donors (Lipinski definition) is 2. The Labute approximate surface area is 168 Å². The van der Waals surface area contributed by atoms with Crippen LogP contribution in [-0.4, -0.2) is 37.0 Å². The maximum absolute atomic E-state index is 11.9. The summed E-state index contributed by atoms with van der Waals surface area (Å²) >= 11 is 0. The normalized spacial score (nSPS) is 10.7. The molecule has 0 fully saturated rings. The fraction of sp³-hybridized carbons (Fsp3) is 0.190. The highest BCUT2D eigenvalue weighted by atomic mass is 16.5. The van der Waals surface area contributed by atoms with E-state index in [0.717, 1.165) is 11.1 Å². The van der Waals surface area contributed by atoms with Crippen molar-refractivity contribution in [3.63, 3.8) is 0 Å². The lowest BCUT2D eigenvalue weighted by Crippen LogP contribution is -2.10. The summed E-state index contributed by atoms with van der Waals surface area (Å²) in [6.45, 7) is 2.37. The molecule has 150 valence electrons. The van der Waals surface area contributed by atoms with Crippen molar-refractivity contribution in [2.24, 2.45) is 5.10 Å². The van der Waals surface area contributed by atoms with Crippen LogP contribution in [0.1, 0.15) is 12.5 Å². The Bertz CT molecular complexity index is 1020. The third kappa shape index (κ3) is 4.92. The lowest BCUT2D eigenvalue weighted by Gasteiger charge is -2.14. The van der Waals surface area contributed by atoms with Gasteiger partial charge in [0.2, 0.25) is 11.7 Å². The molecular weight excluding hydrogens is 372 g/mol. The Balaban J connectivity index is 1.83.